The first-order valence-corrected chi connectivity index (χ1v) is 8.30. The highest BCUT2D eigenvalue weighted by Gasteiger charge is 2.36. The maximum Gasteiger partial charge on any atom is 0.237 e. The number of aromatic nitrogens is 1. The quantitative estimate of drug-likeness (QED) is 0.848. The SMILES string of the molecule is Nc1ccc(-c2csc(NS(=O)(=O)C3CC3)n2)cc1. The van der Waals surface area contributed by atoms with Gasteiger partial charge in [-0.3, -0.25) is 4.72 Å². The van der Waals surface area contributed by atoms with Crippen LogP contribution in [0.25, 0.3) is 11.3 Å². The summed E-state index contributed by atoms with van der Waals surface area (Å²) in [5.74, 6) is 0. The van der Waals surface area contributed by atoms with E-state index < -0.39 is 10.0 Å². The standard InChI is InChI=1S/C12H13N3O2S2/c13-9-3-1-8(2-4-9)11-7-18-12(14-11)15-19(16,17)10-5-6-10/h1-4,7,10H,5-6,13H2,(H,14,15). The van der Waals surface area contributed by atoms with Gasteiger partial charge in [-0.15, -0.1) is 11.3 Å². The fourth-order valence-electron chi connectivity index (χ4n) is 1.69. The van der Waals surface area contributed by atoms with Crippen LogP contribution >= 0.6 is 11.3 Å². The molecule has 1 saturated carbocycles. The van der Waals surface area contributed by atoms with Crippen LogP contribution in [0.2, 0.25) is 0 Å². The van der Waals surface area contributed by atoms with Gasteiger partial charge in [0.25, 0.3) is 0 Å². The number of hydrogen-bond donors (Lipinski definition) is 2. The molecule has 1 aromatic carbocycles. The summed E-state index contributed by atoms with van der Waals surface area (Å²) in [6, 6.07) is 7.32. The van der Waals surface area contributed by atoms with Gasteiger partial charge in [0.1, 0.15) is 0 Å². The first-order chi connectivity index (χ1) is 9.04. The van der Waals surface area contributed by atoms with E-state index in [9.17, 15) is 8.42 Å². The number of hydrogen-bond acceptors (Lipinski definition) is 5. The molecule has 1 aliphatic carbocycles. The van der Waals surface area contributed by atoms with Gasteiger partial charge in [0.2, 0.25) is 10.0 Å². The van der Waals surface area contributed by atoms with Crippen LogP contribution in [0, 0.1) is 0 Å². The molecule has 1 heterocycles. The van der Waals surface area contributed by atoms with Gasteiger partial charge in [-0.25, -0.2) is 13.4 Å². The molecule has 19 heavy (non-hydrogen) atoms. The Labute approximate surface area is 115 Å². The Hall–Kier alpha value is -1.60. The van der Waals surface area contributed by atoms with E-state index in [1.807, 2.05) is 17.5 Å². The molecule has 3 rings (SSSR count). The normalized spacial score (nSPS) is 15.4. The van der Waals surface area contributed by atoms with Gasteiger partial charge in [-0.1, -0.05) is 12.1 Å². The van der Waals surface area contributed by atoms with Gasteiger partial charge in [0, 0.05) is 16.6 Å². The van der Waals surface area contributed by atoms with Gasteiger partial charge >= 0.3 is 0 Å². The predicted octanol–water partition coefficient (Wildman–Crippen LogP) is 2.30. The van der Waals surface area contributed by atoms with Crippen LogP contribution in [-0.4, -0.2) is 18.7 Å². The minimum absolute atomic E-state index is 0.239. The number of nitrogens with one attached hydrogen (secondary N) is 1. The van der Waals surface area contributed by atoms with Crippen molar-refractivity contribution in [3.8, 4) is 11.3 Å². The number of sulfonamides is 1. The molecule has 0 bridgehead atoms. The average molecular weight is 295 g/mol. The maximum atomic E-state index is 11.8. The fourth-order valence-corrected chi connectivity index (χ4v) is 4.01. The minimum atomic E-state index is -3.24. The van der Waals surface area contributed by atoms with E-state index in [1.54, 1.807) is 12.1 Å². The van der Waals surface area contributed by atoms with Gasteiger partial charge in [0.15, 0.2) is 5.13 Å². The second kappa shape index (κ2) is 4.50. The third kappa shape index (κ3) is 2.71. The summed E-state index contributed by atoms with van der Waals surface area (Å²) in [5.41, 5.74) is 7.98. The lowest BCUT2D eigenvalue weighted by molar-refractivity contribution is 0.600. The first kappa shape index (κ1) is 12.4. The van der Waals surface area contributed by atoms with Crippen molar-refractivity contribution in [3.05, 3.63) is 29.6 Å². The summed E-state index contributed by atoms with van der Waals surface area (Å²) in [5, 5.41) is 2.01. The minimum Gasteiger partial charge on any atom is -0.399 e. The molecule has 100 valence electrons. The van der Waals surface area contributed by atoms with Crippen molar-refractivity contribution in [3.63, 3.8) is 0 Å². The molecule has 0 amide bonds. The number of nitrogens with zero attached hydrogens (tertiary/aromatic N) is 1. The summed E-state index contributed by atoms with van der Waals surface area (Å²) < 4.78 is 26.1. The van der Waals surface area contributed by atoms with Crippen molar-refractivity contribution >= 4 is 32.2 Å². The van der Waals surface area contributed by atoms with E-state index >= 15 is 0 Å². The zero-order chi connectivity index (χ0) is 13.5. The largest absolute Gasteiger partial charge is 0.399 e. The molecule has 1 fully saturated rings. The van der Waals surface area contributed by atoms with E-state index in [-0.39, 0.29) is 5.25 Å². The van der Waals surface area contributed by atoms with Gasteiger partial charge in [-0.05, 0) is 25.0 Å². The van der Waals surface area contributed by atoms with Crippen molar-refractivity contribution in [1.29, 1.82) is 0 Å². The molecule has 0 atom stereocenters. The van der Waals surface area contributed by atoms with Crippen LogP contribution in [0.5, 0.6) is 0 Å². The molecule has 1 aromatic heterocycles. The van der Waals surface area contributed by atoms with Crippen LogP contribution in [0.4, 0.5) is 10.8 Å². The number of anilines is 2. The molecule has 1 aliphatic rings. The van der Waals surface area contributed by atoms with Crippen molar-refractivity contribution in [2.75, 3.05) is 10.5 Å². The third-order valence-corrected chi connectivity index (χ3v) is 5.62. The van der Waals surface area contributed by atoms with Crippen LogP contribution in [0.3, 0.4) is 0 Å². The zero-order valence-electron chi connectivity index (χ0n) is 10.0. The second-order valence-electron chi connectivity index (χ2n) is 4.51. The summed E-state index contributed by atoms with van der Waals surface area (Å²) in [7, 11) is -3.24. The molecule has 0 saturated heterocycles. The molecule has 0 radical (unpaired) electrons. The summed E-state index contributed by atoms with van der Waals surface area (Å²) in [6.07, 6.45) is 1.48. The Morgan fingerprint density at radius 2 is 1.95 bits per heavy atom. The van der Waals surface area contributed by atoms with E-state index in [0.717, 1.165) is 24.1 Å². The highest BCUT2D eigenvalue weighted by Crippen LogP contribution is 2.32. The van der Waals surface area contributed by atoms with E-state index in [2.05, 4.69) is 9.71 Å². The first-order valence-electron chi connectivity index (χ1n) is 5.88. The Bertz CT molecular complexity index is 688. The van der Waals surface area contributed by atoms with Gasteiger partial charge < -0.3 is 5.73 Å². The Kier molecular flexibility index (Phi) is 2.94. The van der Waals surface area contributed by atoms with E-state index in [0.29, 0.717) is 10.8 Å². The number of nitrogen functional groups attached to an aromatic ring is 1. The van der Waals surface area contributed by atoms with Crippen molar-refractivity contribution < 1.29 is 8.42 Å². The lowest BCUT2D eigenvalue weighted by Gasteiger charge is -2.02. The summed E-state index contributed by atoms with van der Waals surface area (Å²) in [4.78, 5) is 4.29. The average Bonchev–Trinajstić information content (AvgIpc) is 3.13. The number of nitrogens with two attached hydrogens (primary N) is 1. The lowest BCUT2D eigenvalue weighted by atomic mass is 10.2. The molecule has 7 heteroatoms. The monoisotopic (exact) mass is 295 g/mol. The molecular weight excluding hydrogens is 282 g/mol. The van der Waals surface area contributed by atoms with Crippen molar-refractivity contribution in [2.45, 2.75) is 18.1 Å². The topological polar surface area (TPSA) is 85.1 Å². The second-order valence-corrected chi connectivity index (χ2v) is 7.33. The van der Waals surface area contributed by atoms with E-state index in [4.69, 9.17) is 5.73 Å². The van der Waals surface area contributed by atoms with Crippen LogP contribution in [0.1, 0.15) is 12.8 Å². The predicted molar refractivity (Wildman–Crippen MR) is 77.5 cm³/mol. The number of rotatable bonds is 4. The van der Waals surface area contributed by atoms with Crippen LogP contribution in [0.15, 0.2) is 29.6 Å². The van der Waals surface area contributed by atoms with Crippen molar-refractivity contribution in [1.82, 2.24) is 4.98 Å². The zero-order valence-corrected chi connectivity index (χ0v) is 11.7. The number of benzene rings is 1. The molecule has 0 spiro atoms. The smallest absolute Gasteiger partial charge is 0.237 e. The molecule has 0 unspecified atom stereocenters. The molecule has 0 aliphatic heterocycles. The summed E-state index contributed by atoms with van der Waals surface area (Å²) >= 11 is 1.29. The highest BCUT2D eigenvalue weighted by molar-refractivity contribution is 7.93. The van der Waals surface area contributed by atoms with Gasteiger partial charge in [0.05, 0.1) is 10.9 Å². The fraction of sp³-hybridized carbons (Fsp3) is 0.250. The van der Waals surface area contributed by atoms with E-state index in [1.165, 1.54) is 11.3 Å². The Morgan fingerprint density at radius 1 is 1.26 bits per heavy atom. The highest BCUT2D eigenvalue weighted by atomic mass is 32.2. The Morgan fingerprint density at radius 3 is 2.58 bits per heavy atom. The molecule has 2 aromatic rings. The maximum absolute atomic E-state index is 11.8. The van der Waals surface area contributed by atoms with Crippen LogP contribution in [-0.2, 0) is 10.0 Å². The van der Waals surface area contributed by atoms with Crippen molar-refractivity contribution in [2.24, 2.45) is 0 Å². The third-order valence-electron chi connectivity index (χ3n) is 2.90. The van der Waals surface area contributed by atoms with Gasteiger partial charge in [-0.2, -0.15) is 0 Å². The summed E-state index contributed by atoms with van der Waals surface area (Å²) in [6.45, 7) is 0. The van der Waals surface area contributed by atoms with Crippen LogP contribution < -0.4 is 10.5 Å². The number of thiazole rings is 1. The molecule has 5 nitrogen and oxygen atoms in total. The molecular formula is C12H13N3O2S2. The molecule has 3 N–H and O–H groups in total. The Balaban J connectivity index is 1.81. The lowest BCUT2D eigenvalue weighted by Crippen LogP contribution is -2.17.